The molecule has 0 spiro atoms. The van der Waals surface area contributed by atoms with Crippen molar-refractivity contribution in [2.45, 2.75) is 6.92 Å². The predicted molar refractivity (Wildman–Crippen MR) is 97.8 cm³/mol. The van der Waals surface area contributed by atoms with Gasteiger partial charge in [-0.1, -0.05) is 35.9 Å². The molecule has 2 aromatic rings. The summed E-state index contributed by atoms with van der Waals surface area (Å²) in [5, 5.41) is 3.17. The molecular weight excluding hydrogens is 342 g/mol. The molecule has 0 heterocycles. The summed E-state index contributed by atoms with van der Waals surface area (Å²) in [6.45, 7) is 1.45. The van der Waals surface area contributed by atoms with Gasteiger partial charge in [0.05, 0.1) is 7.11 Å². The first-order valence-electron chi connectivity index (χ1n) is 7.53. The molecule has 0 radical (unpaired) electrons. The lowest BCUT2D eigenvalue weighted by molar-refractivity contribution is -0.142. The first-order valence-corrected chi connectivity index (χ1v) is 7.91. The number of benzene rings is 2. The zero-order valence-corrected chi connectivity index (χ0v) is 14.7. The number of hydrogen-bond donors (Lipinski definition) is 1. The van der Waals surface area contributed by atoms with Gasteiger partial charge in [0.15, 0.2) is 6.61 Å². The maximum absolute atomic E-state index is 11.9. The van der Waals surface area contributed by atoms with Gasteiger partial charge in [-0.2, -0.15) is 0 Å². The molecule has 0 aliphatic carbocycles. The molecule has 0 bridgehead atoms. The largest absolute Gasteiger partial charge is 0.496 e. The summed E-state index contributed by atoms with van der Waals surface area (Å²) in [6.07, 6.45) is 2.82. The third-order valence-electron chi connectivity index (χ3n) is 3.36. The molecule has 1 amide bonds. The van der Waals surface area contributed by atoms with Gasteiger partial charge >= 0.3 is 5.97 Å². The SMILES string of the molecule is COc1ccccc1/C=C/C(=O)OCC(=O)Nc1cc(Cl)ccc1C. The predicted octanol–water partition coefficient (Wildman–Crippen LogP) is 3.85. The lowest BCUT2D eigenvalue weighted by Crippen LogP contribution is -2.20. The Labute approximate surface area is 151 Å². The highest BCUT2D eigenvalue weighted by atomic mass is 35.5. The van der Waals surface area contributed by atoms with Crippen LogP contribution in [0.2, 0.25) is 5.02 Å². The van der Waals surface area contributed by atoms with Crippen LogP contribution in [0.5, 0.6) is 5.75 Å². The number of esters is 1. The van der Waals surface area contributed by atoms with Crippen LogP contribution in [0.1, 0.15) is 11.1 Å². The van der Waals surface area contributed by atoms with Gasteiger partial charge in [0.25, 0.3) is 5.91 Å². The van der Waals surface area contributed by atoms with Crippen LogP contribution in [0.25, 0.3) is 6.08 Å². The molecule has 0 aromatic heterocycles. The number of nitrogens with one attached hydrogen (secondary N) is 1. The Morgan fingerprint density at radius 2 is 1.96 bits per heavy atom. The third-order valence-corrected chi connectivity index (χ3v) is 3.59. The zero-order chi connectivity index (χ0) is 18.2. The number of para-hydroxylation sites is 1. The molecule has 0 atom stereocenters. The van der Waals surface area contributed by atoms with E-state index in [2.05, 4.69) is 5.32 Å². The van der Waals surface area contributed by atoms with Crippen LogP contribution < -0.4 is 10.1 Å². The van der Waals surface area contributed by atoms with Crippen LogP contribution in [-0.4, -0.2) is 25.6 Å². The number of anilines is 1. The maximum atomic E-state index is 11.9. The van der Waals surface area contributed by atoms with Gasteiger partial charge in [-0.15, -0.1) is 0 Å². The summed E-state index contributed by atoms with van der Waals surface area (Å²) in [6, 6.07) is 12.4. The minimum Gasteiger partial charge on any atom is -0.496 e. The molecule has 5 nitrogen and oxygen atoms in total. The second kappa shape index (κ2) is 8.89. The number of methoxy groups -OCH3 is 1. The third kappa shape index (κ3) is 5.65. The molecule has 0 unspecified atom stereocenters. The number of halogens is 1. The van der Waals surface area contributed by atoms with Crippen molar-refractivity contribution >= 4 is 35.2 Å². The Bertz CT molecular complexity index is 802. The van der Waals surface area contributed by atoms with Gasteiger partial charge in [0.1, 0.15) is 5.75 Å². The van der Waals surface area contributed by atoms with E-state index in [4.69, 9.17) is 21.1 Å². The van der Waals surface area contributed by atoms with E-state index in [1.165, 1.54) is 6.08 Å². The van der Waals surface area contributed by atoms with Gasteiger partial charge in [0, 0.05) is 22.3 Å². The van der Waals surface area contributed by atoms with Crippen molar-refractivity contribution in [2.75, 3.05) is 19.0 Å². The Morgan fingerprint density at radius 3 is 2.72 bits per heavy atom. The summed E-state index contributed by atoms with van der Waals surface area (Å²) in [5.41, 5.74) is 2.18. The number of ether oxygens (including phenoxy) is 2. The normalized spacial score (nSPS) is 10.5. The molecule has 25 heavy (non-hydrogen) atoms. The number of amides is 1. The second-order valence-electron chi connectivity index (χ2n) is 5.19. The Hall–Kier alpha value is -2.79. The molecule has 0 saturated carbocycles. The molecule has 0 saturated heterocycles. The average molecular weight is 360 g/mol. The van der Waals surface area contributed by atoms with E-state index < -0.39 is 11.9 Å². The van der Waals surface area contributed by atoms with Gasteiger partial charge in [-0.3, -0.25) is 4.79 Å². The Kier molecular flexibility index (Phi) is 6.60. The molecule has 1 N–H and O–H groups in total. The highest BCUT2D eigenvalue weighted by Gasteiger charge is 2.08. The van der Waals surface area contributed by atoms with E-state index in [1.807, 2.05) is 19.1 Å². The van der Waals surface area contributed by atoms with Crippen molar-refractivity contribution in [1.82, 2.24) is 0 Å². The maximum Gasteiger partial charge on any atom is 0.331 e. The van der Waals surface area contributed by atoms with Crippen molar-refractivity contribution in [3.05, 3.63) is 64.7 Å². The van der Waals surface area contributed by atoms with E-state index >= 15 is 0 Å². The van der Waals surface area contributed by atoms with Crippen LogP contribution >= 0.6 is 11.6 Å². The highest BCUT2D eigenvalue weighted by Crippen LogP contribution is 2.20. The van der Waals surface area contributed by atoms with Gasteiger partial charge in [-0.05, 0) is 36.8 Å². The number of rotatable bonds is 6. The van der Waals surface area contributed by atoms with E-state index in [1.54, 1.807) is 43.5 Å². The number of carbonyl (C=O) groups is 2. The van der Waals surface area contributed by atoms with Crippen molar-refractivity contribution in [2.24, 2.45) is 0 Å². The molecule has 0 aliphatic heterocycles. The van der Waals surface area contributed by atoms with Crippen molar-refractivity contribution in [3.63, 3.8) is 0 Å². The van der Waals surface area contributed by atoms with Crippen LogP contribution in [-0.2, 0) is 14.3 Å². The van der Waals surface area contributed by atoms with Gasteiger partial charge < -0.3 is 14.8 Å². The Balaban J connectivity index is 1.88. The van der Waals surface area contributed by atoms with E-state index in [9.17, 15) is 9.59 Å². The van der Waals surface area contributed by atoms with Crippen LogP contribution in [0.15, 0.2) is 48.5 Å². The van der Waals surface area contributed by atoms with Crippen LogP contribution in [0.3, 0.4) is 0 Å². The lowest BCUT2D eigenvalue weighted by Gasteiger charge is -2.08. The number of hydrogen-bond acceptors (Lipinski definition) is 4. The van der Waals surface area contributed by atoms with Crippen molar-refractivity contribution < 1.29 is 19.1 Å². The van der Waals surface area contributed by atoms with Crippen molar-refractivity contribution in [1.29, 1.82) is 0 Å². The standard InChI is InChI=1S/C19H18ClNO4/c1-13-7-9-15(20)11-16(13)21-18(22)12-25-19(23)10-8-14-5-3-4-6-17(14)24-2/h3-11H,12H2,1-2H3,(H,21,22)/b10-8+. The first-order chi connectivity index (χ1) is 12.0. The lowest BCUT2D eigenvalue weighted by atomic mass is 10.2. The van der Waals surface area contributed by atoms with E-state index in [0.29, 0.717) is 16.5 Å². The van der Waals surface area contributed by atoms with Crippen molar-refractivity contribution in [3.8, 4) is 5.75 Å². The zero-order valence-electron chi connectivity index (χ0n) is 13.9. The molecule has 2 rings (SSSR count). The van der Waals surface area contributed by atoms with E-state index in [-0.39, 0.29) is 6.61 Å². The summed E-state index contributed by atoms with van der Waals surface area (Å²) < 4.78 is 10.1. The molecule has 130 valence electrons. The summed E-state index contributed by atoms with van der Waals surface area (Å²) in [5.74, 6) is -0.422. The first kappa shape index (κ1) is 18.5. The minimum atomic E-state index is -0.621. The molecular formula is C19H18ClNO4. The van der Waals surface area contributed by atoms with E-state index in [0.717, 1.165) is 11.1 Å². The smallest absolute Gasteiger partial charge is 0.331 e. The van der Waals surface area contributed by atoms with Crippen LogP contribution in [0, 0.1) is 6.92 Å². The average Bonchev–Trinajstić information content (AvgIpc) is 2.61. The topological polar surface area (TPSA) is 64.6 Å². The second-order valence-corrected chi connectivity index (χ2v) is 5.63. The quantitative estimate of drug-likeness (QED) is 0.628. The monoisotopic (exact) mass is 359 g/mol. The molecule has 0 aliphatic rings. The fourth-order valence-electron chi connectivity index (χ4n) is 2.06. The highest BCUT2D eigenvalue weighted by molar-refractivity contribution is 6.31. The van der Waals surface area contributed by atoms with Gasteiger partial charge in [0.2, 0.25) is 0 Å². The number of carbonyl (C=O) groups excluding carboxylic acids is 2. The summed E-state index contributed by atoms with van der Waals surface area (Å²) in [7, 11) is 1.55. The fourth-order valence-corrected chi connectivity index (χ4v) is 2.23. The molecule has 2 aromatic carbocycles. The minimum absolute atomic E-state index is 0.388. The fraction of sp³-hybridized carbons (Fsp3) is 0.158. The van der Waals surface area contributed by atoms with Crippen LogP contribution in [0.4, 0.5) is 5.69 Å². The molecule has 0 fully saturated rings. The molecule has 6 heteroatoms. The van der Waals surface area contributed by atoms with Gasteiger partial charge in [-0.25, -0.2) is 4.79 Å². The summed E-state index contributed by atoms with van der Waals surface area (Å²) in [4.78, 5) is 23.6. The summed E-state index contributed by atoms with van der Waals surface area (Å²) >= 11 is 5.90. The number of aryl methyl sites for hydroxylation is 1. The Morgan fingerprint density at radius 1 is 1.20 bits per heavy atom.